The van der Waals surface area contributed by atoms with E-state index in [0.29, 0.717) is 0 Å². The zero-order valence-corrected chi connectivity index (χ0v) is 18.0. The quantitative estimate of drug-likeness (QED) is 0.140. The van der Waals surface area contributed by atoms with E-state index >= 15 is 0 Å². The van der Waals surface area contributed by atoms with Gasteiger partial charge in [0.25, 0.3) is 0 Å². The van der Waals surface area contributed by atoms with Crippen LogP contribution in [0.25, 0.3) is 0 Å². The van der Waals surface area contributed by atoms with Crippen molar-refractivity contribution in [1.82, 2.24) is 0 Å². The zero-order valence-electron chi connectivity index (χ0n) is 18.0. The molecule has 41 heavy (non-hydrogen) atoms. The first kappa shape index (κ1) is 37.3. The number of ether oxygens (including phenoxy) is 2. The van der Waals surface area contributed by atoms with Gasteiger partial charge in [0.1, 0.15) is 6.10 Å². The molecule has 0 aromatic rings. The molecule has 0 spiro atoms. The summed E-state index contributed by atoms with van der Waals surface area (Å²) in [5.74, 6) is -89.6. The van der Waals surface area contributed by atoms with Crippen molar-refractivity contribution in [2.75, 3.05) is 13.2 Å². The van der Waals surface area contributed by atoms with Crippen molar-refractivity contribution in [3.63, 3.8) is 0 Å². The van der Waals surface area contributed by atoms with E-state index in [4.69, 9.17) is 0 Å². The highest BCUT2D eigenvalue weighted by atomic mass is 19.4. The number of hydrogen-bond acceptors (Lipinski definition) is 2. The van der Waals surface area contributed by atoms with E-state index in [0.717, 1.165) is 0 Å². The van der Waals surface area contributed by atoms with Crippen molar-refractivity contribution in [1.29, 1.82) is 0 Å². The predicted octanol–water partition coefficient (Wildman–Crippen LogP) is 7.61. The highest BCUT2D eigenvalue weighted by Gasteiger charge is 2.99. The van der Waals surface area contributed by atoms with Crippen LogP contribution < -0.4 is 0 Å². The van der Waals surface area contributed by atoms with E-state index < -0.39 is 91.1 Å². The van der Waals surface area contributed by atoms with Crippen molar-refractivity contribution in [3.05, 3.63) is 0 Å². The Labute approximate surface area is 207 Å². The fourth-order valence-electron chi connectivity index (χ4n) is 2.36. The number of epoxide rings is 1. The molecule has 1 aliphatic rings. The van der Waals surface area contributed by atoms with Crippen LogP contribution in [-0.2, 0) is 9.47 Å². The van der Waals surface area contributed by atoms with E-state index in [2.05, 4.69) is 9.47 Å². The van der Waals surface area contributed by atoms with E-state index in [1.807, 2.05) is 0 Å². The van der Waals surface area contributed by atoms with Crippen molar-refractivity contribution in [2.45, 2.75) is 77.9 Å². The van der Waals surface area contributed by atoms with Gasteiger partial charge in [-0.1, -0.05) is 0 Å². The Morgan fingerprint density at radius 3 is 0.951 bits per heavy atom. The maximum absolute atomic E-state index is 13.7. The topological polar surface area (TPSA) is 21.8 Å². The van der Waals surface area contributed by atoms with E-state index in [-0.39, 0.29) is 0 Å². The molecule has 0 aliphatic carbocycles. The second-order valence-corrected chi connectivity index (χ2v) is 7.88. The molecule has 1 saturated heterocycles. The number of hydrogen-bond donors (Lipinski definition) is 0. The van der Waals surface area contributed by atoms with Crippen LogP contribution in [0, 0.1) is 0 Å². The highest BCUT2D eigenvalue weighted by molar-refractivity contribution is 5.19. The lowest BCUT2D eigenvalue weighted by atomic mass is 9.85. The lowest BCUT2D eigenvalue weighted by Crippen LogP contribution is -2.78. The summed E-state index contributed by atoms with van der Waals surface area (Å²) < 4.78 is 326. The first-order valence-electron chi connectivity index (χ1n) is 9.22. The first-order valence-corrected chi connectivity index (χ1v) is 9.22. The third-order valence-corrected chi connectivity index (χ3v) is 5.07. The summed E-state index contributed by atoms with van der Waals surface area (Å²) in [4.78, 5) is 0. The van der Waals surface area contributed by atoms with Crippen molar-refractivity contribution < 1.29 is 115 Å². The van der Waals surface area contributed by atoms with Gasteiger partial charge in [-0.25, -0.2) is 8.78 Å². The predicted molar refractivity (Wildman–Crippen MR) is 76.1 cm³/mol. The molecular formula is C15H6F24O2. The Morgan fingerprint density at radius 1 is 0.463 bits per heavy atom. The van der Waals surface area contributed by atoms with Gasteiger partial charge in [0, 0.05) is 0 Å². The first-order chi connectivity index (χ1) is 17.5. The summed E-state index contributed by atoms with van der Waals surface area (Å²) in [5.41, 5.74) is 0. The largest absolute Gasteiger partial charge is 0.426 e. The third kappa shape index (κ3) is 4.71. The molecule has 1 heterocycles. The number of alkyl halides is 24. The van der Waals surface area contributed by atoms with Gasteiger partial charge < -0.3 is 9.47 Å². The van der Waals surface area contributed by atoms with Gasteiger partial charge in [0.15, 0.2) is 0 Å². The Bertz CT molecular complexity index is 949. The third-order valence-electron chi connectivity index (χ3n) is 5.07. The number of halogens is 24. The van der Waals surface area contributed by atoms with Crippen LogP contribution in [-0.4, -0.2) is 91.1 Å². The number of rotatable bonds is 14. The molecule has 1 atom stereocenters. The fourth-order valence-corrected chi connectivity index (χ4v) is 2.36. The van der Waals surface area contributed by atoms with Crippen LogP contribution in [0.4, 0.5) is 105 Å². The summed E-state index contributed by atoms with van der Waals surface area (Å²) in [6.07, 6.45) is -15.1. The van der Waals surface area contributed by atoms with Gasteiger partial charge in [-0.05, 0) is 0 Å². The molecule has 0 aromatic heterocycles. The summed E-state index contributed by atoms with van der Waals surface area (Å²) in [6, 6.07) is 0. The molecule has 1 aliphatic heterocycles. The molecule has 2 nitrogen and oxygen atoms in total. The highest BCUT2D eigenvalue weighted by Crippen LogP contribution is 2.67. The van der Waals surface area contributed by atoms with Crippen LogP contribution in [0.3, 0.4) is 0 Å². The minimum atomic E-state index is -9.48. The molecule has 0 saturated carbocycles. The van der Waals surface area contributed by atoms with Gasteiger partial charge in [0.05, 0.1) is 13.2 Å². The molecule has 0 radical (unpaired) electrons. The monoisotopic (exact) mass is 674 g/mol. The second-order valence-electron chi connectivity index (χ2n) is 7.88. The van der Waals surface area contributed by atoms with E-state index in [1.165, 1.54) is 0 Å². The standard InChI is InChI=1S/C15H6F24O2/c16-4(17)5(18,19)6(20,21)7(22,23)8(24,25)9(26,27)10(28,29)11(30,31)12(32,33)13(34,35)14(36,37)15(38,39)41-2-3-1-40-3/h3-4H,1-2H2. The summed E-state index contributed by atoms with van der Waals surface area (Å²) in [5, 5.41) is 0. The Hall–Kier alpha value is -1.76. The molecule has 0 aromatic carbocycles. The van der Waals surface area contributed by atoms with E-state index in [1.54, 1.807) is 0 Å². The average Bonchev–Trinajstić information content (AvgIpc) is 3.60. The van der Waals surface area contributed by atoms with E-state index in [9.17, 15) is 105 Å². The molecule has 0 N–H and O–H groups in total. The van der Waals surface area contributed by atoms with Crippen LogP contribution in [0.5, 0.6) is 0 Å². The van der Waals surface area contributed by atoms with Crippen LogP contribution in [0.15, 0.2) is 0 Å². The van der Waals surface area contributed by atoms with Crippen molar-refractivity contribution in [3.8, 4) is 0 Å². The lowest BCUT2D eigenvalue weighted by Gasteiger charge is -2.45. The summed E-state index contributed by atoms with van der Waals surface area (Å²) >= 11 is 0. The summed E-state index contributed by atoms with van der Waals surface area (Å²) in [6.45, 7) is -2.61. The summed E-state index contributed by atoms with van der Waals surface area (Å²) in [7, 11) is 0. The Morgan fingerprint density at radius 2 is 0.707 bits per heavy atom. The van der Waals surface area contributed by atoms with Crippen LogP contribution >= 0.6 is 0 Å². The smallest absolute Gasteiger partial charge is 0.371 e. The molecule has 26 heteroatoms. The average molecular weight is 674 g/mol. The molecule has 1 fully saturated rings. The maximum Gasteiger partial charge on any atom is 0.426 e. The molecule has 1 unspecified atom stereocenters. The molecular weight excluding hydrogens is 668 g/mol. The van der Waals surface area contributed by atoms with Crippen molar-refractivity contribution in [2.24, 2.45) is 0 Å². The lowest BCUT2D eigenvalue weighted by molar-refractivity contribution is -0.485. The van der Waals surface area contributed by atoms with Gasteiger partial charge in [0.2, 0.25) is 0 Å². The van der Waals surface area contributed by atoms with Gasteiger partial charge >= 0.3 is 71.8 Å². The normalized spacial score (nSPS) is 19.7. The van der Waals surface area contributed by atoms with Crippen molar-refractivity contribution >= 4 is 0 Å². The van der Waals surface area contributed by atoms with Crippen LogP contribution in [0.1, 0.15) is 0 Å². The van der Waals surface area contributed by atoms with Gasteiger partial charge in [-0.2, -0.15) is 96.6 Å². The molecule has 246 valence electrons. The Balaban J connectivity index is 3.74. The van der Waals surface area contributed by atoms with Crippen LogP contribution in [0.2, 0.25) is 0 Å². The minimum absolute atomic E-state index is 0.658. The molecule has 0 bridgehead atoms. The zero-order chi connectivity index (χ0) is 33.5. The Kier molecular flexibility index (Phi) is 8.75. The SMILES string of the molecule is FC(F)C(F)(F)C(F)(F)C(F)(F)C(F)(F)C(F)(F)C(F)(F)C(F)(F)C(F)(F)C(F)(F)C(F)(F)C(F)(F)OCC1CO1. The van der Waals surface area contributed by atoms with Gasteiger partial charge in [-0.3, -0.25) is 0 Å². The fraction of sp³-hybridized carbons (Fsp3) is 1.00. The minimum Gasteiger partial charge on any atom is -0.371 e. The second kappa shape index (κ2) is 9.62. The molecule has 1 rings (SSSR count). The van der Waals surface area contributed by atoms with Gasteiger partial charge in [-0.15, -0.1) is 0 Å². The molecule has 0 amide bonds. The maximum atomic E-state index is 13.7.